The Morgan fingerprint density at radius 2 is 2.05 bits per heavy atom. The Balaban J connectivity index is 1.90. The molecule has 4 N–H and O–H groups in total. The van der Waals surface area contributed by atoms with Crippen molar-refractivity contribution in [2.45, 2.75) is 12.8 Å². The molecule has 1 aromatic rings. The first-order chi connectivity index (χ1) is 10.1. The fraction of sp³-hybridized carbons (Fsp3) is 0.467. The van der Waals surface area contributed by atoms with Gasteiger partial charge < -0.3 is 21.1 Å². The van der Waals surface area contributed by atoms with Gasteiger partial charge in [-0.3, -0.25) is 9.59 Å². The van der Waals surface area contributed by atoms with Gasteiger partial charge in [-0.1, -0.05) is 0 Å². The summed E-state index contributed by atoms with van der Waals surface area (Å²) in [5.41, 5.74) is 6.82. The predicted molar refractivity (Wildman–Crippen MR) is 80.4 cm³/mol. The van der Waals surface area contributed by atoms with Crippen LogP contribution in [0.3, 0.4) is 0 Å². The number of carbonyl (C=O) groups is 2. The smallest absolute Gasteiger partial charge is 0.317 e. The number of rotatable bonds is 6. The van der Waals surface area contributed by atoms with Crippen LogP contribution in [0.4, 0.5) is 5.69 Å². The third kappa shape index (κ3) is 4.46. The molecule has 0 aliphatic carbocycles. The summed E-state index contributed by atoms with van der Waals surface area (Å²) in [6, 6.07) is 7.30. The van der Waals surface area contributed by atoms with E-state index in [4.69, 9.17) is 10.8 Å². The number of carbonyl (C=O) groups excluding carboxylic acids is 1. The molecule has 2 rings (SSSR count). The van der Waals surface area contributed by atoms with Gasteiger partial charge in [-0.05, 0) is 43.0 Å². The van der Waals surface area contributed by atoms with E-state index in [1.54, 1.807) is 12.1 Å². The van der Waals surface area contributed by atoms with Crippen molar-refractivity contribution >= 4 is 17.6 Å². The lowest BCUT2D eigenvalue weighted by atomic mass is 9.97. The van der Waals surface area contributed by atoms with Crippen molar-refractivity contribution in [2.24, 2.45) is 11.7 Å². The number of nitrogens with two attached hydrogens (primary N) is 1. The average molecular weight is 291 g/mol. The third-order valence-electron chi connectivity index (χ3n) is 3.75. The molecule has 1 atom stereocenters. The molecule has 1 unspecified atom stereocenters. The number of primary amides is 1. The van der Waals surface area contributed by atoms with Crippen LogP contribution in [0.2, 0.25) is 0 Å². The second kappa shape index (κ2) is 7.08. The van der Waals surface area contributed by atoms with Gasteiger partial charge in [0, 0.05) is 30.9 Å². The van der Waals surface area contributed by atoms with Gasteiger partial charge in [-0.2, -0.15) is 0 Å². The van der Waals surface area contributed by atoms with Crippen LogP contribution in [0.5, 0.6) is 0 Å². The Morgan fingerprint density at radius 3 is 2.67 bits per heavy atom. The largest absolute Gasteiger partial charge is 0.480 e. The highest BCUT2D eigenvalue weighted by Gasteiger charge is 2.20. The quantitative estimate of drug-likeness (QED) is 0.716. The molecule has 1 aliphatic rings. The first kappa shape index (κ1) is 15.3. The molecule has 1 heterocycles. The van der Waals surface area contributed by atoms with Gasteiger partial charge in [0.15, 0.2) is 0 Å². The molecule has 6 nitrogen and oxygen atoms in total. The minimum Gasteiger partial charge on any atom is -0.480 e. The van der Waals surface area contributed by atoms with Gasteiger partial charge in [0.2, 0.25) is 5.91 Å². The molecule has 0 aromatic heterocycles. The maximum Gasteiger partial charge on any atom is 0.317 e. The van der Waals surface area contributed by atoms with Crippen LogP contribution in [0.1, 0.15) is 23.2 Å². The van der Waals surface area contributed by atoms with Crippen LogP contribution < -0.4 is 16.0 Å². The Morgan fingerprint density at radius 1 is 1.33 bits per heavy atom. The molecule has 6 heteroatoms. The summed E-state index contributed by atoms with van der Waals surface area (Å²) in [4.78, 5) is 23.8. The number of hydrogen-bond acceptors (Lipinski definition) is 4. The highest BCUT2D eigenvalue weighted by Crippen LogP contribution is 2.23. The number of nitrogens with one attached hydrogen (secondary N) is 1. The van der Waals surface area contributed by atoms with E-state index < -0.39 is 11.9 Å². The maximum absolute atomic E-state index is 11.1. The van der Waals surface area contributed by atoms with Crippen molar-refractivity contribution in [2.75, 3.05) is 31.1 Å². The van der Waals surface area contributed by atoms with Crippen LogP contribution in [-0.2, 0) is 4.79 Å². The molecule has 1 aromatic carbocycles. The second-order valence-electron chi connectivity index (χ2n) is 5.39. The van der Waals surface area contributed by atoms with Crippen molar-refractivity contribution in [1.29, 1.82) is 0 Å². The standard InChI is InChI=1S/C15H21N3O3/c16-15(21)12-3-5-13(6-4-12)18-7-1-2-11(10-18)8-17-9-14(19)20/h3-6,11,17H,1-2,7-10H2,(H2,16,21)(H,19,20). The Hall–Kier alpha value is -2.08. The highest BCUT2D eigenvalue weighted by molar-refractivity contribution is 5.93. The number of benzene rings is 1. The lowest BCUT2D eigenvalue weighted by molar-refractivity contribution is -0.136. The van der Waals surface area contributed by atoms with E-state index in [9.17, 15) is 9.59 Å². The van der Waals surface area contributed by atoms with Crippen molar-refractivity contribution in [3.05, 3.63) is 29.8 Å². The summed E-state index contributed by atoms with van der Waals surface area (Å²) in [6.45, 7) is 2.58. The molecule has 114 valence electrons. The van der Waals surface area contributed by atoms with Gasteiger partial charge in [0.25, 0.3) is 0 Å². The van der Waals surface area contributed by atoms with E-state index in [-0.39, 0.29) is 6.54 Å². The molecule has 0 bridgehead atoms. The maximum atomic E-state index is 11.1. The molecular formula is C15H21N3O3. The third-order valence-corrected chi connectivity index (χ3v) is 3.75. The fourth-order valence-electron chi connectivity index (χ4n) is 2.69. The SMILES string of the molecule is NC(=O)c1ccc(N2CCCC(CNCC(=O)O)C2)cc1. The Kier molecular flexibility index (Phi) is 5.16. The summed E-state index contributed by atoms with van der Waals surface area (Å²) in [6.07, 6.45) is 2.18. The van der Waals surface area contributed by atoms with Crippen LogP contribution in [-0.4, -0.2) is 43.2 Å². The zero-order chi connectivity index (χ0) is 15.2. The van der Waals surface area contributed by atoms with Crippen LogP contribution in [0.25, 0.3) is 0 Å². The van der Waals surface area contributed by atoms with Gasteiger partial charge in [-0.25, -0.2) is 0 Å². The normalized spacial score (nSPS) is 18.5. The van der Waals surface area contributed by atoms with E-state index in [0.717, 1.165) is 31.6 Å². The summed E-state index contributed by atoms with van der Waals surface area (Å²) in [5, 5.41) is 11.6. The second-order valence-corrected chi connectivity index (χ2v) is 5.39. The number of carboxylic acids is 1. The van der Waals surface area contributed by atoms with Crippen LogP contribution in [0.15, 0.2) is 24.3 Å². The van der Waals surface area contributed by atoms with Gasteiger partial charge >= 0.3 is 5.97 Å². The molecule has 0 spiro atoms. The number of carboxylic acid groups (broad SMARTS) is 1. The Labute approximate surface area is 123 Å². The van der Waals surface area contributed by atoms with E-state index in [0.29, 0.717) is 18.0 Å². The van der Waals surface area contributed by atoms with Gasteiger partial charge in [0.1, 0.15) is 0 Å². The van der Waals surface area contributed by atoms with E-state index in [1.165, 1.54) is 0 Å². The predicted octanol–water partition coefficient (Wildman–Crippen LogP) is 0.676. The number of amides is 1. The number of aliphatic carboxylic acids is 1. The van der Waals surface area contributed by atoms with Crippen LogP contribution in [0, 0.1) is 5.92 Å². The summed E-state index contributed by atoms with van der Waals surface area (Å²) in [5.74, 6) is -0.811. The topological polar surface area (TPSA) is 95.7 Å². The van der Waals surface area contributed by atoms with Crippen molar-refractivity contribution in [3.8, 4) is 0 Å². The average Bonchev–Trinajstić information content (AvgIpc) is 2.47. The van der Waals surface area contributed by atoms with Crippen molar-refractivity contribution in [1.82, 2.24) is 5.32 Å². The minimum absolute atomic E-state index is 0.00378. The molecule has 1 fully saturated rings. The first-order valence-electron chi connectivity index (χ1n) is 7.13. The van der Waals surface area contributed by atoms with E-state index in [2.05, 4.69) is 10.2 Å². The van der Waals surface area contributed by atoms with E-state index in [1.807, 2.05) is 12.1 Å². The summed E-state index contributed by atoms with van der Waals surface area (Å²) < 4.78 is 0. The van der Waals surface area contributed by atoms with Crippen LogP contribution >= 0.6 is 0 Å². The number of nitrogens with zero attached hydrogens (tertiary/aromatic N) is 1. The molecule has 21 heavy (non-hydrogen) atoms. The van der Waals surface area contributed by atoms with Crippen molar-refractivity contribution < 1.29 is 14.7 Å². The zero-order valence-electron chi connectivity index (χ0n) is 11.9. The molecule has 1 aliphatic heterocycles. The summed E-state index contributed by atoms with van der Waals surface area (Å²) >= 11 is 0. The summed E-state index contributed by atoms with van der Waals surface area (Å²) in [7, 11) is 0. The number of hydrogen-bond donors (Lipinski definition) is 3. The van der Waals surface area contributed by atoms with Gasteiger partial charge in [-0.15, -0.1) is 0 Å². The molecular weight excluding hydrogens is 270 g/mol. The highest BCUT2D eigenvalue weighted by atomic mass is 16.4. The first-order valence-corrected chi connectivity index (χ1v) is 7.13. The van der Waals surface area contributed by atoms with Crippen molar-refractivity contribution in [3.63, 3.8) is 0 Å². The lowest BCUT2D eigenvalue weighted by Gasteiger charge is -2.34. The number of anilines is 1. The molecule has 1 amide bonds. The monoisotopic (exact) mass is 291 g/mol. The van der Waals surface area contributed by atoms with E-state index >= 15 is 0 Å². The number of piperidine rings is 1. The lowest BCUT2D eigenvalue weighted by Crippen LogP contribution is -2.40. The molecule has 0 saturated carbocycles. The molecule has 0 radical (unpaired) electrons. The Bertz CT molecular complexity index is 501. The molecule has 1 saturated heterocycles. The fourth-order valence-corrected chi connectivity index (χ4v) is 2.69. The van der Waals surface area contributed by atoms with Gasteiger partial charge in [0.05, 0.1) is 6.54 Å². The minimum atomic E-state index is -0.829. The zero-order valence-corrected chi connectivity index (χ0v) is 11.9.